The lowest BCUT2D eigenvalue weighted by Crippen LogP contribution is -2.56. The summed E-state index contributed by atoms with van der Waals surface area (Å²) in [5, 5.41) is 16.6. The van der Waals surface area contributed by atoms with Crippen molar-refractivity contribution in [3.8, 4) is 0 Å². The van der Waals surface area contributed by atoms with Gasteiger partial charge in [0.25, 0.3) is 0 Å². The smallest absolute Gasteiger partial charge is 0.326 e. The van der Waals surface area contributed by atoms with Gasteiger partial charge in [0.15, 0.2) is 0 Å². The molecule has 0 aliphatic heterocycles. The van der Waals surface area contributed by atoms with Crippen molar-refractivity contribution >= 4 is 23.7 Å². The summed E-state index contributed by atoms with van der Waals surface area (Å²) in [6, 6.07) is -2.69. The number of hydrogen-bond donors (Lipinski definition) is 5. The largest absolute Gasteiger partial charge is 0.480 e. The van der Waals surface area contributed by atoms with E-state index in [2.05, 4.69) is 16.0 Å². The summed E-state index contributed by atoms with van der Waals surface area (Å²) in [5.41, 5.74) is 5.39. The van der Waals surface area contributed by atoms with Gasteiger partial charge in [-0.1, -0.05) is 34.1 Å². The van der Waals surface area contributed by atoms with Crippen LogP contribution in [-0.4, -0.2) is 53.5 Å². The van der Waals surface area contributed by atoms with Gasteiger partial charge in [-0.15, -0.1) is 0 Å². The van der Waals surface area contributed by atoms with Crippen molar-refractivity contribution in [2.24, 2.45) is 17.6 Å². The number of carboxylic acid groups (broad SMARTS) is 1. The van der Waals surface area contributed by atoms with Crippen LogP contribution in [0.2, 0.25) is 0 Å². The number of amides is 3. The quantitative estimate of drug-likeness (QED) is 0.345. The number of carbonyl (C=O) groups excluding carboxylic acids is 3. The van der Waals surface area contributed by atoms with Gasteiger partial charge in [0, 0.05) is 0 Å². The highest BCUT2D eigenvalue weighted by molar-refractivity contribution is 5.92. The summed E-state index contributed by atoms with van der Waals surface area (Å²) in [4.78, 5) is 47.1. The highest BCUT2D eigenvalue weighted by Crippen LogP contribution is 2.10. The van der Waals surface area contributed by atoms with Gasteiger partial charge in [-0.05, 0) is 18.8 Å². The maximum Gasteiger partial charge on any atom is 0.326 e. The van der Waals surface area contributed by atoms with Crippen molar-refractivity contribution in [3.63, 3.8) is 0 Å². The third-order valence-electron chi connectivity index (χ3n) is 3.88. The van der Waals surface area contributed by atoms with Gasteiger partial charge < -0.3 is 26.8 Å². The molecule has 9 heteroatoms. The molecular formula is C16H30N4O5. The number of rotatable bonds is 10. The van der Waals surface area contributed by atoms with Crippen LogP contribution in [0, 0.1) is 11.8 Å². The molecule has 4 atom stereocenters. The Balaban J connectivity index is 4.94. The standard InChI is InChI=1S/C16H30N4O5/c1-6-9(4)13(15(23)20-12(8(2)3)16(24)25)19-11(21)7-18-14(22)10(5)17/h8-10,12-13H,6-7,17H2,1-5H3,(H,18,22)(H,19,21)(H,20,23)(H,24,25). The Morgan fingerprint density at radius 1 is 0.960 bits per heavy atom. The van der Waals surface area contributed by atoms with Crippen LogP contribution in [0.25, 0.3) is 0 Å². The molecule has 9 nitrogen and oxygen atoms in total. The highest BCUT2D eigenvalue weighted by atomic mass is 16.4. The predicted octanol–water partition coefficient (Wildman–Crippen LogP) is -0.794. The maximum atomic E-state index is 12.4. The third kappa shape index (κ3) is 7.97. The Morgan fingerprint density at radius 3 is 1.92 bits per heavy atom. The van der Waals surface area contributed by atoms with E-state index >= 15 is 0 Å². The first-order valence-corrected chi connectivity index (χ1v) is 8.37. The molecular weight excluding hydrogens is 328 g/mol. The molecule has 0 heterocycles. The third-order valence-corrected chi connectivity index (χ3v) is 3.88. The maximum absolute atomic E-state index is 12.4. The minimum absolute atomic E-state index is 0.213. The van der Waals surface area contributed by atoms with Crippen molar-refractivity contribution in [1.82, 2.24) is 16.0 Å². The molecule has 0 fully saturated rings. The van der Waals surface area contributed by atoms with E-state index in [-0.39, 0.29) is 18.4 Å². The van der Waals surface area contributed by atoms with E-state index in [4.69, 9.17) is 5.73 Å². The van der Waals surface area contributed by atoms with Crippen molar-refractivity contribution in [2.45, 2.75) is 59.2 Å². The summed E-state index contributed by atoms with van der Waals surface area (Å²) in [6.45, 7) is 8.16. The van der Waals surface area contributed by atoms with E-state index in [1.165, 1.54) is 6.92 Å². The molecule has 3 amide bonds. The molecule has 0 aromatic heterocycles. The zero-order valence-corrected chi connectivity index (χ0v) is 15.5. The first-order chi connectivity index (χ1) is 11.5. The summed E-state index contributed by atoms with van der Waals surface area (Å²) in [5.74, 6) is -3.25. The van der Waals surface area contributed by atoms with E-state index < -0.39 is 41.8 Å². The average Bonchev–Trinajstić information content (AvgIpc) is 2.53. The van der Waals surface area contributed by atoms with Crippen molar-refractivity contribution in [2.75, 3.05) is 6.54 Å². The number of nitrogens with two attached hydrogens (primary N) is 1. The molecule has 4 unspecified atom stereocenters. The van der Waals surface area contributed by atoms with Crippen LogP contribution in [-0.2, 0) is 19.2 Å². The number of carbonyl (C=O) groups is 4. The lowest BCUT2D eigenvalue weighted by atomic mass is 9.96. The Bertz CT molecular complexity index is 493. The van der Waals surface area contributed by atoms with E-state index in [0.717, 1.165) is 0 Å². The fourth-order valence-electron chi connectivity index (χ4n) is 2.01. The summed E-state index contributed by atoms with van der Waals surface area (Å²) < 4.78 is 0. The normalized spacial score (nSPS) is 15.6. The average molecular weight is 358 g/mol. The van der Waals surface area contributed by atoms with Crippen molar-refractivity contribution < 1.29 is 24.3 Å². The fourth-order valence-corrected chi connectivity index (χ4v) is 2.01. The molecule has 0 aromatic carbocycles. The highest BCUT2D eigenvalue weighted by Gasteiger charge is 2.31. The molecule has 0 aliphatic rings. The zero-order valence-electron chi connectivity index (χ0n) is 15.5. The molecule has 0 saturated carbocycles. The molecule has 144 valence electrons. The van der Waals surface area contributed by atoms with Gasteiger partial charge in [0.2, 0.25) is 17.7 Å². The van der Waals surface area contributed by atoms with Crippen LogP contribution < -0.4 is 21.7 Å². The number of nitrogens with one attached hydrogen (secondary N) is 3. The second-order valence-corrected chi connectivity index (χ2v) is 6.51. The molecule has 25 heavy (non-hydrogen) atoms. The lowest BCUT2D eigenvalue weighted by molar-refractivity contribution is -0.143. The number of hydrogen-bond acceptors (Lipinski definition) is 5. The minimum atomic E-state index is -1.14. The SMILES string of the molecule is CCC(C)C(NC(=O)CNC(=O)C(C)N)C(=O)NC(C(=O)O)C(C)C. The van der Waals surface area contributed by atoms with E-state index in [1.807, 2.05) is 6.92 Å². The van der Waals surface area contributed by atoms with Crippen LogP contribution in [0.3, 0.4) is 0 Å². The van der Waals surface area contributed by atoms with Gasteiger partial charge in [-0.25, -0.2) is 4.79 Å². The van der Waals surface area contributed by atoms with Gasteiger partial charge in [0.1, 0.15) is 12.1 Å². The van der Waals surface area contributed by atoms with Gasteiger partial charge in [-0.3, -0.25) is 14.4 Å². The Morgan fingerprint density at radius 2 is 1.52 bits per heavy atom. The minimum Gasteiger partial charge on any atom is -0.480 e. The number of carboxylic acids is 1. The molecule has 0 radical (unpaired) electrons. The van der Waals surface area contributed by atoms with Crippen molar-refractivity contribution in [3.05, 3.63) is 0 Å². The van der Waals surface area contributed by atoms with Crippen LogP contribution in [0.5, 0.6) is 0 Å². The van der Waals surface area contributed by atoms with E-state index in [1.54, 1.807) is 20.8 Å². The van der Waals surface area contributed by atoms with Gasteiger partial charge in [0.05, 0.1) is 12.6 Å². The van der Waals surface area contributed by atoms with Gasteiger partial charge in [-0.2, -0.15) is 0 Å². The summed E-state index contributed by atoms with van der Waals surface area (Å²) >= 11 is 0. The molecule has 0 spiro atoms. The molecule has 0 bridgehead atoms. The second kappa shape index (κ2) is 10.7. The van der Waals surface area contributed by atoms with Crippen LogP contribution >= 0.6 is 0 Å². The Hall–Kier alpha value is -2.16. The second-order valence-electron chi connectivity index (χ2n) is 6.51. The molecule has 0 aromatic rings. The van der Waals surface area contributed by atoms with Crippen LogP contribution in [0.4, 0.5) is 0 Å². The molecule has 0 rings (SSSR count). The summed E-state index contributed by atoms with van der Waals surface area (Å²) in [7, 11) is 0. The zero-order chi connectivity index (χ0) is 19.7. The Kier molecular flexibility index (Phi) is 9.73. The number of aliphatic carboxylic acids is 1. The Labute approximate surface area is 148 Å². The van der Waals surface area contributed by atoms with E-state index in [9.17, 15) is 24.3 Å². The molecule has 0 saturated heterocycles. The molecule has 6 N–H and O–H groups in total. The van der Waals surface area contributed by atoms with E-state index in [0.29, 0.717) is 6.42 Å². The van der Waals surface area contributed by atoms with Crippen LogP contribution in [0.1, 0.15) is 41.0 Å². The first-order valence-electron chi connectivity index (χ1n) is 8.37. The topological polar surface area (TPSA) is 151 Å². The predicted molar refractivity (Wildman–Crippen MR) is 92.4 cm³/mol. The van der Waals surface area contributed by atoms with Crippen molar-refractivity contribution in [1.29, 1.82) is 0 Å². The fraction of sp³-hybridized carbons (Fsp3) is 0.750. The van der Waals surface area contributed by atoms with Crippen LogP contribution in [0.15, 0.2) is 0 Å². The first kappa shape index (κ1) is 22.8. The monoisotopic (exact) mass is 358 g/mol. The van der Waals surface area contributed by atoms with Gasteiger partial charge >= 0.3 is 5.97 Å². The summed E-state index contributed by atoms with van der Waals surface area (Å²) in [6.07, 6.45) is 0.601. The lowest BCUT2D eigenvalue weighted by Gasteiger charge is -2.26. The molecule has 0 aliphatic carbocycles.